The molecule has 0 saturated carbocycles. The van der Waals surface area contributed by atoms with Gasteiger partial charge in [-0.05, 0) is 6.92 Å². The third kappa shape index (κ3) is 3.97. The number of imide groups is 1. The summed E-state index contributed by atoms with van der Waals surface area (Å²) in [6.45, 7) is 2.70. The van der Waals surface area contributed by atoms with Gasteiger partial charge in [0, 0.05) is 12.6 Å². The topological polar surface area (TPSA) is 122 Å². The number of carboxylic acids is 1. The summed E-state index contributed by atoms with van der Waals surface area (Å²) in [5, 5.41) is 10.8. The zero-order chi connectivity index (χ0) is 13.7. The highest BCUT2D eigenvalue weighted by atomic mass is 16.5. The van der Waals surface area contributed by atoms with E-state index in [1.54, 1.807) is 11.8 Å². The Morgan fingerprint density at radius 2 is 2.22 bits per heavy atom. The van der Waals surface area contributed by atoms with Gasteiger partial charge in [-0.1, -0.05) is 0 Å². The fraction of sp³-hybridized carbons (Fsp3) is 0.700. The molecule has 0 radical (unpaired) electrons. The monoisotopic (exact) mass is 259 g/mol. The summed E-state index contributed by atoms with van der Waals surface area (Å²) in [5.74, 6) is -1.50. The van der Waals surface area contributed by atoms with Gasteiger partial charge in [-0.3, -0.25) is 19.8 Å². The number of carbonyl (C=O) groups is 3. The van der Waals surface area contributed by atoms with E-state index in [0.717, 1.165) is 0 Å². The summed E-state index contributed by atoms with van der Waals surface area (Å²) >= 11 is 0. The Morgan fingerprint density at radius 1 is 1.56 bits per heavy atom. The lowest BCUT2D eigenvalue weighted by Crippen LogP contribution is -2.56. The number of nitrogens with two attached hydrogens (primary N) is 1. The van der Waals surface area contributed by atoms with Crippen LogP contribution in [0.25, 0.3) is 0 Å². The van der Waals surface area contributed by atoms with Crippen molar-refractivity contribution in [1.82, 2.24) is 10.2 Å². The molecule has 1 saturated heterocycles. The number of amides is 3. The van der Waals surface area contributed by atoms with Crippen LogP contribution in [0.2, 0.25) is 0 Å². The molecule has 0 aliphatic carbocycles. The van der Waals surface area contributed by atoms with Crippen LogP contribution < -0.4 is 11.1 Å². The van der Waals surface area contributed by atoms with Crippen molar-refractivity contribution >= 4 is 17.9 Å². The maximum absolute atomic E-state index is 11.6. The minimum absolute atomic E-state index is 0.117. The van der Waals surface area contributed by atoms with Crippen molar-refractivity contribution in [2.75, 3.05) is 19.8 Å². The molecule has 18 heavy (non-hydrogen) atoms. The van der Waals surface area contributed by atoms with Crippen molar-refractivity contribution in [2.45, 2.75) is 25.4 Å². The number of primary amides is 1. The van der Waals surface area contributed by atoms with Crippen LogP contribution in [0.3, 0.4) is 0 Å². The van der Waals surface area contributed by atoms with Gasteiger partial charge in [0.1, 0.15) is 0 Å². The van der Waals surface area contributed by atoms with E-state index in [1.165, 1.54) is 0 Å². The molecule has 8 heteroatoms. The van der Waals surface area contributed by atoms with Gasteiger partial charge in [0.15, 0.2) is 0 Å². The molecule has 0 bridgehead atoms. The summed E-state index contributed by atoms with van der Waals surface area (Å²) in [6.07, 6.45) is -0.117. The summed E-state index contributed by atoms with van der Waals surface area (Å²) < 4.78 is 5.20. The van der Waals surface area contributed by atoms with E-state index in [9.17, 15) is 14.4 Å². The van der Waals surface area contributed by atoms with Crippen LogP contribution in [-0.4, -0.2) is 59.8 Å². The lowest BCUT2D eigenvalue weighted by Gasteiger charge is -2.38. The van der Waals surface area contributed by atoms with Crippen LogP contribution >= 0.6 is 0 Å². The summed E-state index contributed by atoms with van der Waals surface area (Å²) in [4.78, 5) is 34.7. The van der Waals surface area contributed by atoms with E-state index in [4.69, 9.17) is 15.6 Å². The Bertz CT molecular complexity index is 346. The van der Waals surface area contributed by atoms with Gasteiger partial charge in [-0.2, -0.15) is 0 Å². The third-order valence-electron chi connectivity index (χ3n) is 2.81. The van der Waals surface area contributed by atoms with E-state index >= 15 is 0 Å². The maximum atomic E-state index is 11.6. The molecule has 1 aliphatic rings. The number of aliphatic carboxylic acids is 1. The molecule has 2 unspecified atom stereocenters. The van der Waals surface area contributed by atoms with Crippen molar-refractivity contribution < 1.29 is 24.2 Å². The molecule has 3 amide bonds. The molecule has 1 aliphatic heterocycles. The number of morpholine rings is 1. The molecule has 0 aromatic carbocycles. The largest absolute Gasteiger partial charge is 0.481 e. The predicted molar refractivity (Wildman–Crippen MR) is 60.8 cm³/mol. The molecule has 0 aromatic rings. The van der Waals surface area contributed by atoms with E-state index in [0.29, 0.717) is 13.2 Å². The quantitative estimate of drug-likeness (QED) is 0.579. The first kappa shape index (κ1) is 14.4. The Labute approximate surface area is 104 Å². The first-order valence-electron chi connectivity index (χ1n) is 5.57. The number of urea groups is 1. The molecule has 1 rings (SSSR count). The first-order chi connectivity index (χ1) is 8.41. The van der Waals surface area contributed by atoms with E-state index in [1.807, 2.05) is 5.32 Å². The number of nitrogens with zero attached hydrogens (tertiary/aromatic N) is 1. The number of nitrogens with one attached hydrogen (secondary N) is 1. The number of carbonyl (C=O) groups excluding carboxylic acids is 2. The van der Waals surface area contributed by atoms with Crippen LogP contribution in [0.5, 0.6) is 0 Å². The number of carboxylic acid groups (broad SMARTS) is 1. The second-order valence-corrected chi connectivity index (χ2v) is 4.09. The summed E-state index contributed by atoms with van der Waals surface area (Å²) in [7, 11) is 0. The Morgan fingerprint density at radius 3 is 2.78 bits per heavy atom. The van der Waals surface area contributed by atoms with E-state index in [-0.39, 0.29) is 19.1 Å². The first-order valence-corrected chi connectivity index (χ1v) is 5.57. The zero-order valence-corrected chi connectivity index (χ0v) is 10.1. The zero-order valence-electron chi connectivity index (χ0n) is 10.1. The van der Waals surface area contributed by atoms with Gasteiger partial charge in [0.05, 0.1) is 25.7 Å². The second-order valence-electron chi connectivity index (χ2n) is 4.09. The molecular formula is C10H17N3O5. The molecule has 8 nitrogen and oxygen atoms in total. The molecule has 1 fully saturated rings. The SMILES string of the molecule is CC(C(=O)NC(N)=O)N1CCOCC1CC(=O)O. The maximum Gasteiger partial charge on any atom is 0.318 e. The van der Waals surface area contributed by atoms with Crippen LogP contribution in [0.1, 0.15) is 13.3 Å². The van der Waals surface area contributed by atoms with Crippen molar-refractivity contribution in [2.24, 2.45) is 5.73 Å². The predicted octanol–water partition coefficient (Wildman–Crippen LogP) is -1.25. The lowest BCUT2D eigenvalue weighted by molar-refractivity contribution is -0.143. The van der Waals surface area contributed by atoms with E-state index < -0.39 is 23.9 Å². The Hall–Kier alpha value is -1.67. The van der Waals surface area contributed by atoms with Gasteiger partial charge in [0.2, 0.25) is 5.91 Å². The molecule has 4 N–H and O–H groups in total. The molecule has 0 aromatic heterocycles. The van der Waals surface area contributed by atoms with Gasteiger partial charge >= 0.3 is 12.0 Å². The smallest absolute Gasteiger partial charge is 0.318 e. The number of ether oxygens (including phenoxy) is 1. The average Bonchev–Trinajstić information content (AvgIpc) is 2.27. The van der Waals surface area contributed by atoms with Crippen LogP contribution in [0, 0.1) is 0 Å². The van der Waals surface area contributed by atoms with Gasteiger partial charge in [0.25, 0.3) is 0 Å². The number of hydrogen-bond donors (Lipinski definition) is 3. The number of hydrogen-bond acceptors (Lipinski definition) is 5. The molecular weight excluding hydrogens is 242 g/mol. The molecule has 0 spiro atoms. The van der Waals surface area contributed by atoms with Crippen molar-refractivity contribution in [3.8, 4) is 0 Å². The van der Waals surface area contributed by atoms with Crippen molar-refractivity contribution in [3.63, 3.8) is 0 Å². The molecule has 2 atom stereocenters. The molecule has 102 valence electrons. The Kier molecular flexibility index (Phi) is 5.05. The lowest BCUT2D eigenvalue weighted by atomic mass is 10.1. The standard InChI is InChI=1S/C10H17N3O5/c1-6(9(16)12-10(11)17)13-2-3-18-5-7(13)4-8(14)15/h6-7H,2-5H2,1H3,(H,14,15)(H3,11,12,16,17). The second kappa shape index (κ2) is 6.31. The fourth-order valence-corrected chi connectivity index (χ4v) is 1.93. The van der Waals surface area contributed by atoms with Crippen LogP contribution in [0.4, 0.5) is 4.79 Å². The Balaban J connectivity index is 2.67. The van der Waals surface area contributed by atoms with Gasteiger partial charge < -0.3 is 15.6 Å². The van der Waals surface area contributed by atoms with E-state index in [2.05, 4.69) is 0 Å². The fourth-order valence-electron chi connectivity index (χ4n) is 1.93. The molecule has 1 heterocycles. The van der Waals surface area contributed by atoms with Crippen LogP contribution in [0.15, 0.2) is 0 Å². The van der Waals surface area contributed by atoms with Crippen LogP contribution in [-0.2, 0) is 14.3 Å². The summed E-state index contributed by atoms with van der Waals surface area (Å²) in [6, 6.07) is -1.94. The third-order valence-corrected chi connectivity index (χ3v) is 2.81. The van der Waals surface area contributed by atoms with Crippen molar-refractivity contribution in [1.29, 1.82) is 0 Å². The average molecular weight is 259 g/mol. The summed E-state index contributed by atoms with van der Waals surface area (Å²) in [5.41, 5.74) is 4.87. The highest BCUT2D eigenvalue weighted by molar-refractivity contribution is 5.96. The van der Waals surface area contributed by atoms with Crippen molar-refractivity contribution in [3.05, 3.63) is 0 Å². The normalized spacial score (nSPS) is 22.2. The van der Waals surface area contributed by atoms with Gasteiger partial charge in [-0.25, -0.2) is 4.79 Å². The minimum atomic E-state index is -0.960. The minimum Gasteiger partial charge on any atom is -0.481 e. The highest BCUT2D eigenvalue weighted by Crippen LogP contribution is 2.14. The van der Waals surface area contributed by atoms with Gasteiger partial charge in [-0.15, -0.1) is 0 Å². The number of rotatable bonds is 4. The highest BCUT2D eigenvalue weighted by Gasteiger charge is 2.32.